The molecular formula is C11H21NO2. The molecule has 1 atom stereocenters. The number of carbonyl (C=O) groups excluding carboxylic acids is 1. The normalized spacial score (nSPS) is 13.8. The lowest BCUT2D eigenvalue weighted by Gasteiger charge is -2.10. The van der Waals surface area contributed by atoms with Gasteiger partial charge in [-0.3, -0.25) is 0 Å². The van der Waals surface area contributed by atoms with Crippen molar-refractivity contribution in [3.63, 3.8) is 0 Å². The fourth-order valence-corrected chi connectivity index (χ4v) is 1.34. The SMILES string of the molecule is CCCCCC(=NOC)C(C)CC=O. The Kier molecular flexibility index (Phi) is 8.19. The zero-order chi connectivity index (χ0) is 10.8. The molecule has 0 aliphatic heterocycles. The first-order valence-electron chi connectivity index (χ1n) is 5.29. The molecule has 0 fully saturated rings. The van der Waals surface area contributed by atoms with E-state index < -0.39 is 0 Å². The van der Waals surface area contributed by atoms with Crippen LogP contribution in [0.25, 0.3) is 0 Å². The quantitative estimate of drug-likeness (QED) is 0.261. The van der Waals surface area contributed by atoms with Crippen molar-refractivity contribution in [1.82, 2.24) is 0 Å². The average molecular weight is 199 g/mol. The third-order valence-corrected chi connectivity index (χ3v) is 2.26. The van der Waals surface area contributed by atoms with Crippen LogP contribution in [0.4, 0.5) is 0 Å². The van der Waals surface area contributed by atoms with Crippen molar-refractivity contribution in [1.29, 1.82) is 0 Å². The standard InChI is InChI=1S/C11H21NO2/c1-4-5-6-7-11(12-14-3)10(2)8-9-13/h9-10H,4-8H2,1-3H3. The van der Waals surface area contributed by atoms with E-state index in [1.165, 1.54) is 12.8 Å². The summed E-state index contributed by atoms with van der Waals surface area (Å²) >= 11 is 0. The fraction of sp³-hybridized carbons (Fsp3) is 0.818. The van der Waals surface area contributed by atoms with Crippen LogP contribution in [0.5, 0.6) is 0 Å². The molecule has 3 nitrogen and oxygen atoms in total. The summed E-state index contributed by atoms with van der Waals surface area (Å²) in [6.45, 7) is 4.18. The Labute approximate surface area is 86.5 Å². The Morgan fingerprint density at radius 2 is 2.21 bits per heavy atom. The van der Waals surface area contributed by atoms with Gasteiger partial charge in [0.2, 0.25) is 0 Å². The first kappa shape index (κ1) is 13.1. The van der Waals surface area contributed by atoms with E-state index in [-0.39, 0.29) is 5.92 Å². The highest BCUT2D eigenvalue weighted by molar-refractivity contribution is 5.87. The smallest absolute Gasteiger partial charge is 0.120 e. The van der Waals surface area contributed by atoms with Gasteiger partial charge in [0.05, 0.1) is 5.71 Å². The van der Waals surface area contributed by atoms with Gasteiger partial charge in [0, 0.05) is 12.3 Å². The Morgan fingerprint density at radius 3 is 2.71 bits per heavy atom. The van der Waals surface area contributed by atoms with Gasteiger partial charge < -0.3 is 9.63 Å². The first-order valence-corrected chi connectivity index (χ1v) is 5.29. The van der Waals surface area contributed by atoms with Crippen molar-refractivity contribution in [3.05, 3.63) is 0 Å². The number of aldehydes is 1. The van der Waals surface area contributed by atoms with Crippen LogP contribution in [0, 0.1) is 5.92 Å². The summed E-state index contributed by atoms with van der Waals surface area (Å²) in [4.78, 5) is 15.1. The van der Waals surface area contributed by atoms with Crippen molar-refractivity contribution < 1.29 is 9.63 Å². The van der Waals surface area contributed by atoms with E-state index in [4.69, 9.17) is 4.84 Å². The van der Waals surface area contributed by atoms with Crippen LogP contribution in [0.2, 0.25) is 0 Å². The fourth-order valence-electron chi connectivity index (χ4n) is 1.34. The molecule has 0 heterocycles. The maximum atomic E-state index is 10.4. The molecule has 0 aromatic carbocycles. The third kappa shape index (κ3) is 5.73. The molecule has 0 bridgehead atoms. The summed E-state index contributed by atoms with van der Waals surface area (Å²) in [5, 5.41) is 3.97. The van der Waals surface area contributed by atoms with Crippen LogP contribution in [-0.2, 0) is 9.63 Å². The molecule has 0 saturated heterocycles. The highest BCUT2D eigenvalue weighted by Crippen LogP contribution is 2.11. The van der Waals surface area contributed by atoms with E-state index >= 15 is 0 Å². The van der Waals surface area contributed by atoms with Crippen molar-refractivity contribution in [2.24, 2.45) is 11.1 Å². The number of hydrogen-bond donors (Lipinski definition) is 0. The predicted molar refractivity (Wildman–Crippen MR) is 58.4 cm³/mol. The zero-order valence-corrected chi connectivity index (χ0v) is 9.45. The number of oxime groups is 1. The number of hydrogen-bond acceptors (Lipinski definition) is 3. The van der Waals surface area contributed by atoms with Crippen LogP contribution in [-0.4, -0.2) is 19.1 Å². The summed E-state index contributed by atoms with van der Waals surface area (Å²) in [6, 6.07) is 0. The molecule has 0 rings (SSSR count). The lowest BCUT2D eigenvalue weighted by atomic mass is 9.98. The van der Waals surface area contributed by atoms with Gasteiger partial charge in [-0.1, -0.05) is 31.8 Å². The molecule has 0 aliphatic carbocycles. The molecule has 0 aromatic rings. The molecule has 0 N–H and O–H groups in total. The Hall–Kier alpha value is -0.860. The summed E-state index contributed by atoms with van der Waals surface area (Å²) in [5.41, 5.74) is 1.01. The van der Waals surface area contributed by atoms with E-state index in [9.17, 15) is 4.79 Å². The Balaban J connectivity index is 4.00. The van der Waals surface area contributed by atoms with Crippen LogP contribution < -0.4 is 0 Å². The highest BCUT2D eigenvalue weighted by atomic mass is 16.6. The number of nitrogens with zero attached hydrogens (tertiary/aromatic N) is 1. The van der Waals surface area contributed by atoms with Crippen LogP contribution in [0.3, 0.4) is 0 Å². The molecule has 0 spiro atoms. The van der Waals surface area contributed by atoms with Crippen LogP contribution >= 0.6 is 0 Å². The molecule has 0 aromatic heterocycles. The largest absolute Gasteiger partial charge is 0.399 e. The van der Waals surface area contributed by atoms with Gasteiger partial charge in [0.25, 0.3) is 0 Å². The maximum absolute atomic E-state index is 10.4. The van der Waals surface area contributed by atoms with Gasteiger partial charge in [0.1, 0.15) is 13.4 Å². The minimum Gasteiger partial charge on any atom is -0.399 e. The van der Waals surface area contributed by atoms with Crippen molar-refractivity contribution in [3.8, 4) is 0 Å². The van der Waals surface area contributed by atoms with E-state index in [0.29, 0.717) is 6.42 Å². The second-order valence-corrected chi connectivity index (χ2v) is 3.53. The number of unbranched alkanes of at least 4 members (excludes halogenated alkanes) is 2. The molecule has 0 aliphatic rings. The van der Waals surface area contributed by atoms with Crippen LogP contribution in [0.15, 0.2) is 5.16 Å². The molecule has 1 unspecified atom stereocenters. The monoisotopic (exact) mass is 199 g/mol. The summed E-state index contributed by atoms with van der Waals surface area (Å²) in [7, 11) is 1.55. The van der Waals surface area contributed by atoms with Gasteiger partial charge in [-0.2, -0.15) is 0 Å². The van der Waals surface area contributed by atoms with Gasteiger partial charge in [-0.15, -0.1) is 0 Å². The zero-order valence-electron chi connectivity index (χ0n) is 9.45. The summed E-state index contributed by atoms with van der Waals surface area (Å²) in [5.74, 6) is 0.212. The minimum absolute atomic E-state index is 0.212. The molecule has 14 heavy (non-hydrogen) atoms. The van der Waals surface area contributed by atoms with Gasteiger partial charge in [-0.25, -0.2) is 0 Å². The van der Waals surface area contributed by atoms with E-state index in [2.05, 4.69) is 12.1 Å². The van der Waals surface area contributed by atoms with Crippen LogP contribution in [0.1, 0.15) is 46.0 Å². The minimum atomic E-state index is 0.212. The van der Waals surface area contributed by atoms with E-state index in [1.54, 1.807) is 7.11 Å². The van der Waals surface area contributed by atoms with Gasteiger partial charge in [0.15, 0.2) is 0 Å². The Bertz CT molecular complexity index is 178. The predicted octanol–water partition coefficient (Wildman–Crippen LogP) is 2.79. The van der Waals surface area contributed by atoms with Gasteiger partial charge in [-0.05, 0) is 12.8 Å². The van der Waals surface area contributed by atoms with Crippen molar-refractivity contribution in [2.45, 2.75) is 46.0 Å². The highest BCUT2D eigenvalue weighted by Gasteiger charge is 2.10. The molecule has 0 radical (unpaired) electrons. The van der Waals surface area contributed by atoms with Gasteiger partial charge >= 0.3 is 0 Å². The molecule has 0 saturated carbocycles. The lowest BCUT2D eigenvalue weighted by Crippen LogP contribution is -2.12. The lowest BCUT2D eigenvalue weighted by molar-refractivity contribution is -0.108. The van der Waals surface area contributed by atoms with Crippen molar-refractivity contribution >= 4 is 12.0 Å². The Morgan fingerprint density at radius 1 is 1.50 bits per heavy atom. The van der Waals surface area contributed by atoms with Crippen molar-refractivity contribution in [2.75, 3.05) is 7.11 Å². The third-order valence-electron chi connectivity index (χ3n) is 2.26. The van der Waals surface area contributed by atoms with E-state index in [1.807, 2.05) is 6.92 Å². The number of carbonyl (C=O) groups is 1. The topological polar surface area (TPSA) is 38.7 Å². The second-order valence-electron chi connectivity index (χ2n) is 3.53. The molecule has 82 valence electrons. The first-order chi connectivity index (χ1) is 6.76. The average Bonchev–Trinajstić information content (AvgIpc) is 2.17. The molecule has 0 amide bonds. The summed E-state index contributed by atoms with van der Waals surface area (Å²) in [6.07, 6.45) is 5.95. The summed E-state index contributed by atoms with van der Waals surface area (Å²) < 4.78 is 0. The molecule has 3 heteroatoms. The van der Waals surface area contributed by atoms with E-state index in [0.717, 1.165) is 24.8 Å². The number of rotatable bonds is 8. The molecular weight excluding hydrogens is 178 g/mol. The maximum Gasteiger partial charge on any atom is 0.120 e. The second kappa shape index (κ2) is 8.73.